The number of hydrogen-bond donors (Lipinski definition) is 1. The minimum absolute atomic E-state index is 0.201. The third kappa shape index (κ3) is 3.61. The van der Waals surface area contributed by atoms with Crippen molar-refractivity contribution >= 4 is 18.2 Å². The number of amides is 1. The second-order valence-corrected chi connectivity index (χ2v) is 7.61. The van der Waals surface area contributed by atoms with Crippen molar-refractivity contribution in [1.29, 1.82) is 0 Å². The van der Waals surface area contributed by atoms with Crippen molar-refractivity contribution in [2.75, 3.05) is 13.7 Å². The van der Waals surface area contributed by atoms with Gasteiger partial charge in [0, 0.05) is 25.1 Å². The SMILES string of the molecule is C=c1c(=O)[nH]c2n1Cc1cc(OCCCC(=O)N(C)C3CCCC3)ccc1N=2. The molecule has 28 heavy (non-hydrogen) atoms. The molecule has 148 valence electrons. The van der Waals surface area contributed by atoms with Crippen LogP contribution in [-0.4, -0.2) is 40.1 Å². The lowest BCUT2D eigenvalue weighted by Crippen LogP contribution is -2.35. The normalized spacial score (nSPS) is 15.6. The molecule has 2 aromatic rings. The van der Waals surface area contributed by atoms with Gasteiger partial charge in [-0.3, -0.25) is 14.6 Å². The fourth-order valence-corrected chi connectivity index (χ4v) is 4.01. The van der Waals surface area contributed by atoms with Gasteiger partial charge in [-0.25, -0.2) is 4.99 Å². The number of nitrogens with one attached hydrogen (secondary N) is 1. The highest BCUT2D eigenvalue weighted by molar-refractivity contribution is 5.76. The van der Waals surface area contributed by atoms with Gasteiger partial charge in [-0.1, -0.05) is 19.4 Å². The van der Waals surface area contributed by atoms with E-state index < -0.39 is 0 Å². The van der Waals surface area contributed by atoms with Gasteiger partial charge in [0.25, 0.3) is 5.56 Å². The maximum Gasteiger partial charge on any atom is 0.274 e. The zero-order chi connectivity index (χ0) is 19.7. The van der Waals surface area contributed by atoms with Crippen molar-refractivity contribution < 1.29 is 9.53 Å². The van der Waals surface area contributed by atoms with E-state index in [0.717, 1.165) is 29.8 Å². The molecule has 0 bridgehead atoms. The molecule has 1 amide bonds. The maximum atomic E-state index is 12.3. The van der Waals surface area contributed by atoms with Crippen molar-refractivity contribution in [3.63, 3.8) is 0 Å². The van der Waals surface area contributed by atoms with Gasteiger partial charge in [-0.15, -0.1) is 0 Å². The van der Waals surface area contributed by atoms with Crippen LogP contribution in [0.15, 0.2) is 28.0 Å². The predicted octanol–water partition coefficient (Wildman–Crippen LogP) is 1.46. The minimum Gasteiger partial charge on any atom is -0.494 e. The lowest BCUT2D eigenvalue weighted by Gasteiger charge is -2.24. The predicted molar refractivity (Wildman–Crippen MR) is 106 cm³/mol. The van der Waals surface area contributed by atoms with Gasteiger partial charge in [0.05, 0.1) is 18.8 Å². The third-order valence-corrected chi connectivity index (χ3v) is 5.74. The van der Waals surface area contributed by atoms with Gasteiger partial charge in [0.1, 0.15) is 11.1 Å². The van der Waals surface area contributed by atoms with E-state index in [1.54, 1.807) is 4.57 Å². The number of hydrogen-bond acceptors (Lipinski definition) is 4. The molecule has 1 aliphatic carbocycles. The molecule has 1 saturated carbocycles. The van der Waals surface area contributed by atoms with Crippen LogP contribution in [-0.2, 0) is 11.3 Å². The molecule has 7 heteroatoms. The zero-order valence-electron chi connectivity index (χ0n) is 16.2. The van der Waals surface area contributed by atoms with E-state index in [1.807, 2.05) is 30.1 Å². The molecule has 1 N–H and O–H groups in total. The van der Waals surface area contributed by atoms with Crippen molar-refractivity contribution in [3.05, 3.63) is 45.1 Å². The standard InChI is InChI=1S/C21H26N4O3/c1-14-20(27)23-21-22-18-10-9-17(12-15(18)13-25(14)21)28-11-5-8-19(26)24(2)16-6-3-4-7-16/h9-10,12,16H,1,3-8,11,13H2,2H3,(H,22,23,27). The molecule has 1 aliphatic heterocycles. The van der Waals surface area contributed by atoms with E-state index in [-0.39, 0.29) is 11.5 Å². The first-order valence-corrected chi connectivity index (χ1v) is 9.91. The monoisotopic (exact) mass is 382 g/mol. The molecule has 1 aromatic carbocycles. The number of carbonyl (C=O) groups excluding carboxylic acids is 1. The third-order valence-electron chi connectivity index (χ3n) is 5.74. The number of benzene rings is 1. The lowest BCUT2D eigenvalue weighted by molar-refractivity contribution is -0.132. The summed E-state index contributed by atoms with van der Waals surface area (Å²) in [6.45, 7) is 4.83. The van der Waals surface area contributed by atoms with Crippen molar-refractivity contribution in [2.45, 2.75) is 51.1 Å². The van der Waals surface area contributed by atoms with Crippen LogP contribution in [0.25, 0.3) is 6.58 Å². The van der Waals surface area contributed by atoms with Crippen LogP contribution < -0.4 is 21.3 Å². The average molecular weight is 382 g/mol. The van der Waals surface area contributed by atoms with Crippen molar-refractivity contribution in [2.24, 2.45) is 4.99 Å². The molecule has 1 fully saturated rings. The van der Waals surface area contributed by atoms with Gasteiger partial charge in [0.15, 0.2) is 0 Å². The van der Waals surface area contributed by atoms with Gasteiger partial charge in [-0.2, -0.15) is 0 Å². The topological polar surface area (TPSA) is 79.7 Å². The first-order chi connectivity index (χ1) is 13.5. The largest absolute Gasteiger partial charge is 0.494 e. The molecule has 0 saturated heterocycles. The van der Waals surface area contributed by atoms with Crippen LogP contribution in [0.5, 0.6) is 5.75 Å². The molecule has 2 aliphatic rings. The smallest absolute Gasteiger partial charge is 0.274 e. The highest BCUT2D eigenvalue weighted by Crippen LogP contribution is 2.26. The summed E-state index contributed by atoms with van der Waals surface area (Å²) in [6.07, 6.45) is 5.91. The number of nitrogens with zero attached hydrogens (tertiary/aromatic N) is 3. The quantitative estimate of drug-likeness (QED) is 0.656. The average Bonchev–Trinajstić information content (AvgIpc) is 3.32. The lowest BCUT2D eigenvalue weighted by atomic mass is 10.1. The number of aromatic nitrogens is 2. The molecule has 2 heterocycles. The van der Waals surface area contributed by atoms with Crippen LogP contribution in [0.4, 0.5) is 5.69 Å². The Hall–Kier alpha value is -2.83. The summed E-state index contributed by atoms with van der Waals surface area (Å²) < 4.78 is 7.61. The van der Waals surface area contributed by atoms with Crippen molar-refractivity contribution in [1.82, 2.24) is 14.5 Å². The zero-order valence-corrected chi connectivity index (χ0v) is 16.2. The van der Waals surface area contributed by atoms with E-state index in [4.69, 9.17) is 4.74 Å². The summed E-state index contributed by atoms with van der Waals surface area (Å²) in [4.78, 5) is 33.1. The van der Waals surface area contributed by atoms with E-state index in [9.17, 15) is 9.59 Å². The summed E-state index contributed by atoms with van der Waals surface area (Å²) in [7, 11) is 1.92. The van der Waals surface area contributed by atoms with Gasteiger partial charge < -0.3 is 14.2 Å². The Morgan fingerprint density at radius 1 is 1.39 bits per heavy atom. The van der Waals surface area contributed by atoms with E-state index in [0.29, 0.717) is 43.0 Å². The number of H-pyrrole nitrogens is 1. The van der Waals surface area contributed by atoms with Crippen LogP contribution in [0.2, 0.25) is 0 Å². The Morgan fingerprint density at radius 3 is 2.96 bits per heavy atom. The van der Waals surface area contributed by atoms with Crippen molar-refractivity contribution in [3.8, 4) is 5.75 Å². The van der Waals surface area contributed by atoms with Gasteiger partial charge >= 0.3 is 0 Å². The maximum absolute atomic E-state index is 12.3. The molecule has 0 unspecified atom stereocenters. The van der Waals surface area contributed by atoms with Crippen LogP contribution in [0.3, 0.4) is 0 Å². The Labute approximate surface area is 163 Å². The second-order valence-electron chi connectivity index (χ2n) is 7.61. The van der Waals surface area contributed by atoms with Gasteiger partial charge in [0.2, 0.25) is 11.5 Å². The molecular weight excluding hydrogens is 356 g/mol. The Morgan fingerprint density at radius 2 is 2.18 bits per heavy atom. The fourth-order valence-electron chi connectivity index (χ4n) is 4.01. The number of carbonyl (C=O) groups is 1. The Bertz CT molecular complexity index is 1050. The summed E-state index contributed by atoms with van der Waals surface area (Å²) in [5.74, 6) is 0.950. The van der Waals surface area contributed by atoms with E-state index in [2.05, 4.69) is 16.6 Å². The van der Waals surface area contributed by atoms with Crippen LogP contribution >= 0.6 is 0 Å². The summed E-state index contributed by atoms with van der Waals surface area (Å²) >= 11 is 0. The number of ether oxygens (including phenoxy) is 1. The van der Waals surface area contributed by atoms with Crippen LogP contribution in [0.1, 0.15) is 44.1 Å². The number of aromatic amines is 1. The fraction of sp³-hybridized carbons (Fsp3) is 0.476. The van der Waals surface area contributed by atoms with E-state index in [1.165, 1.54) is 12.8 Å². The summed E-state index contributed by atoms with van der Waals surface area (Å²) in [6, 6.07) is 6.12. The molecule has 0 spiro atoms. The first-order valence-electron chi connectivity index (χ1n) is 9.91. The number of rotatable bonds is 6. The number of fused-ring (bicyclic) bond motifs is 2. The van der Waals surface area contributed by atoms with Crippen LogP contribution in [0, 0.1) is 0 Å². The molecule has 4 rings (SSSR count). The summed E-state index contributed by atoms with van der Waals surface area (Å²) in [5.41, 5.74) is 2.12. The van der Waals surface area contributed by atoms with E-state index >= 15 is 0 Å². The summed E-state index contributed by atoms with van der Waals surface area (Å²) in [5, 5.41) is 0.403. The highest BCUT2D eigenvalue weighted by atomic mass is 16.5. The minimum atomic E-state index is -0.213. The highest BCUT2D eigenvalue weighted by Gasteiger charge is 2.22. The van der Waals surface area contributed by atoms with Gasteiger partial charge in [-0.05, 0) is 37.5 Å². The molecular formula is C21H26N4O3. The first kappa shape index (κ1) is 18.5. The molecule has 7 nitrogen and oxygen atoms in total. The Balaban J connectivity index is 1.32. The second kappa shape index (κ2) is 7.66. The number of imidazole rings is 1. The molecule has 0 atom stereocenters. The molecule has 1 aromatic heterocycles. The Kier molecular flexibility index (Phi) is 5.07. The molecule has 0 radical (unpaired) electrons.